The number of anilines is 1. The van der Waals surface area contributed by atoms with Gasteiger partial charge in [0, 0.05) is 19.2 Å². The van der Waals surface area contributed by atoms with Gasteiger partial charge in [0.2, 0.25) is 5.95 Å². The van der Waals surface area contributed by atoms with Crippen molar-refractivity contribution in [1.29, 1.82) is 0 Å². The van der Waals surface area contributed by atoms with Crippen molar-refractivity contribution in [3.05, 3.63) is 18.0 Å². The molecule has 0 saturated heterocycles. The van der Waals surface area contributed by atoms with E-state index in [9.17, 15) is 4.79 Å². The van der Waals surface area contributed by atoms with Gasteiger partial charge in [-0.05, 0) is 12.5 Å². The standard InChI is InChI=1S/C10H11N3O2/c1-2-3-4-6-11-10-12-7-5-8(13-10)9(14)15/h1,5,7H,3-4,6H2,(H,14,15)(H,11,12,13). The summed E-state index contributed by atoms with van der Waals surface area (Å²) in [6.07, 6.45) is 7.96. The minimum absolute atomic E-state index is 0.0237. The maximum absolute atomic E-state index is 10.6. The van der Waals surface area contributed by atoms with Crippen molar-refractivity contribution < 1.29 is 9.90 Å². The van der Waals surface area contributed by atoms with Gasteiger partial charge in [0.1, 0.15) is 0 Å². The Morgan fingerprint density at radius 2 is 2.47 bits per heavy atom. The molecule has 0 aliphatic rings. The van der Waals surface area contributed by atoms with Crippen molar-refractivity contribution in [2.24, 2.45) is 0 Å². The summed E-state index contributed by atoms with van der Waals surface area (Å²) in [5, 5.41) is 11.6. The summed E-state index contributed by atoms with van der Waals surface area (Å²) in [5.41, 5.74) is -0.0237. The van der Waals surface area contributed by atoms with E-state index in [4.69, 9.17) is 11.5 Å². The smallest absolute Gasteiger partial charge is 0.354 e. The first-order chi connectivity index (χ1) is 7.24. The topological polar surface area (TPSA) is 75.1 Å². The number of carboxylic acid groups (broad SMARTS) is 1. The number of unbranched alkanes of at least 4 members (excludes halogenated alkanes) is 1. The van der Waals surface area contributed by atoms with E-state index in [1.807, 2.05) is 0 Å². The van der Waals surface area contributed by atoms with Crippen molar-refractivity contribution in [3.8, 4) is 12.3 Å². The number of hydrogen-bond donors (Lipinski definition) is 2. The van der Waals surface area contributed by atoms with Crippen LogP contribution in [0.1, 0.15) is 23.3 Å². The molecule has 0 aliphatic heterocycles. The summed E-state index contributed by atoms with van der Waals surface area (Å²) in [4.78, 5) is 18.3. The zero-order valence-electron chi connectivity index (χ0n) is 8.10. The van der Waals surface area contributed by atoms with Gasteiger partial charge in [-0.25, -0.2) is 14.8 Å². The van der Waals surface area contributed by atoms with Gasteiger partial charge in [0.25, 0.3) is 0 Å². The van der Waals surface area contributed by atoms with Crippen molar-refractivity contribution in [2.45, 2.75) is 12.8 Å². The maximum atomic E-state index is 10.6. The van der Waals surface area contributed by atoms with Crippen LogP contribution in [0.3, 0.4) is 0 Å². The largest absolute Gasteiger partial charge is 0.477 e. The van der Waals surface area contributed by atoms with E-state index >= 15 is 0 Å². The molecule has 0 fully saturated rings. The first kappa shape index (κ1) is 11.0. The number of aromatic nitrogens is 2. The van der Waals surface area contributed by atoms with Gasteiger partial charge in [-0.15, -0.1) is 12.3 Å². The third-order valence-electron chi connectivity index (χ3n) is 1.66. The summed E-state index contributed by atoms with van der Waals surface area (Å²) >= 11 is 0. The fourth-order valence-electron chi connectivity index (χ4n) is 0.954. The minimum Gasteiger partial charge on any atom is -0.477 e. The Morgan fingerprint density at radius 1 is 1.67 bits per heavy atom. The summed E-state index contributed by atoms with van der Waals surface area (Å²) < 4.78 is 0. The number of terminal acetylenes is 1. The molecule has 0 unspecified atom stereocenters. The summed E-state index contributed by atoms with van der Waals surface area (Å²) in [7, 11) is 0. The number of aromatic carboxylic acids is 1. The zero-order chi connectivity index (χ0) is 11.1. The summed E-state index contributed by atoms with van der Waals surface area (Å²) in [6, 6.07) is 1.34. The third kappa shape index (κ3) is 3.65. The highest BCUT2D eigenvalue weighted by Gasteiger charge is 2.04. The summed E-state index contributed by atoms with van der Waals surface area (Å²) in [6.45, 7) is 0.632. The zero-order valence-corrected chi connectivity index (χ0v) is 8.10. The van der Waals surface area contributed by atoms with Gasteiger partial charge in [-0.3, -0.25) is 0 Å². The second-order valence-corrected chi connectivity index (χ2v) is 2.81. The van der Waals surface area contributed by atoms with Gasteiger partial charge < -0.3 is 10.4 Å². The van der Waals surface area contributed by atoms with Crippen molar-refractivity contribution in [3.63, 3.8) is 0 Å². The van der Waals surface area contributed by atoms with Crippen LogP contribution < -0.4 is 5.32 Å². The number of carboxylic acids is 1. The Balaban J connectivity index is 2.51. The van der Waals surface area contributed by atoms with Crippen molar-refractivity contribution >= 4 is 11.9 Å². The highest BCUT2D eigenvalue weighted by Crippen LogP contribution is 2.00. The molecule has 0 aromatic carbocycles. The van der Waals surface area contributed by atoms with Gasteiger partial charge in [0.05, 0.1) is 0 Å². The number of rotatable bonds is 5. The molecule has 0 radical (unpaired) electrons. The quantitative estimate of drug-likeness (QED) is 0.554. The fourth-order valence-corrected chi connectivity index (χ4v) is 0.954. The van der Waals surface area contributed by atoms with Crippen molar-refractivity contribution in [2.75, 3.05) is 11.9 Å². The van der Waals surface area contributed by atoms with Crippen LogP contribution in [0.5, 0.6) is 0 Å². The van der Waals surface area contributed by atoms with Gasteiger partial charge in [-0.1, -0.05) is 0 Å². The van der Waals surface area contributed by atoms with Gasteiger partial charge >= 0.3 is 5.97 Å². The highest BCUT2D eigenvalue weighted by atomic mass is 16.4. The van der Waals surface area contributed by atoms with E-state index in [1.165, 1.54) is 12.3 Å². The van der Waals surface area contributed by atoms with Crippen LogP contribution in [0.25, 0.3) is 0 Å². The minimum atomic E-state index is -1.07. The Labute approximate surface area is 87.6 Å². The van der Waals surface area contributed by atoms with Crippen molar-refractivity contribution in [1.82, 2.24) is 9.97 Å². The first-order valence-corrected chi connectivity index (χ1v) is 4.47. The van der Waals surface area contributed by atoms with Gasteiger partial charge in [-0.2, -0.15) is 0 Å². The predicted molar refractivity (Wildman–Crippen MR) is 55.5 cm³/mol. The molecule has 1 rings (SSSR count). The van der Waals surface area contributed by atoms with E-state index < -0.39 is 5.97 Å². The van der Waals surface area contributed by atoms with E-state index in [2.05, 4.69) is 21.2 Å². The first-order valence-electron chi connectivity index (χ1n) is 4.47. The molecular formula is C10H11N3O2. The molecule has 1 aromatic heterocycles. The normalized spacial score (nSPS) is 9.27. The average Bonchev–Trinajstić information content (AvgIpc) is 2.25. The molecule has 0 atom stereocenters. The molecule has 0 spiro atoms. The molecule has 2 N–H and O–H groups in total. The molecule has 0 bridgehead atoms. The van der Waals surface area contributed by atoms with Crippen LogP contribution >= 0.6 is 0 Å². The van der Waals surface area contributed by atoms with Crippen LogP contribution in [0.2, 0.25) is 0 Å². The third-order valence-corrected chi connectivity index (χ3v) is 1.66. The molecule has 0 saturated carbocycles. The molecule has 1 aromatic rings. The highest BCUT2D eigenvalue weighted by molar-refractivity contribution is 5.85. The Kier molecular flexibility index (Phi) is 4.10. The SMILES string of the molecule is C#CCCCNc1nccc(C(=O)O)n1. The number of carbonyl (C=O) groups is 1. The predicted octanol–water partition coefficient (Wildman–Crippen LogP) is 1.00. The fraction of sp³-hybridized carbons (Fsp3) is 0.300. The van der Waals surface area contributed by atoms with E-state index in [0.717, 1.165) is 6.42 Å². The molecule has 5 nitrogen and oxygen atoms in total. The summed E-state index contributed by atoms with van der Waals surface area (Å²) in [5.74, 6) is 1.75. The molecular weight excluding hydrogens is 194 g/mol. The monoisotopic (exact) mass is 205 g/mol. The lowest BCUT2D eigenvalue weighted by Crippen LogP contribution is -2.08. The molecule has 15 heavy (non-hydrogen) atoms. The molecule has 1 heterocycles. The number of nitrogens with one attached hydrogen (secondary N) is 1. The number of hydrogen-bond acceptors (Lipinski definition) is 4. The molecule has 5 heteroatoms. The molecule has 0 aliphatic carbocycles. The Hall–Kier alpha value is -2.09. The van der Waals surface area contributed by atoms with E-state index in [1.54, 1.807) is 0 Å². The van der Waals surface area contributed by atoms with E-state index in [0.29, 0.717) is 18.9 Å². The maximum Gasteiger partial charge on any atom is 0.354 e. The molecule has 78 valence electrons. The Morgan fingerprint density at radius 3 is 3.13 bits per heavy atom. The van der Waals surface area contributed by atoms with E-state index in [-0.39, 0.29) is 5.69 Å². The second-order valence-electron chi connectivity index (χ2n) is 2.81. The number of nitrogens with zero attached hydrogens (tertiary/aromatic N) is 2. The van der Waals surface area contributed by atoms with Crippen LogP contribution in [0, 0.1) is 12.3 Å². The second kappa shape index (κ2) is 5.60. The van der Waals surface area contributed by atoms with Crippen LogP contribution in [0.4, 0.5) is 5.95 Å². The lowest BCUT2D eigenvalue weighted by Gasteiger charge is -2.02. The van der Waals surface area contributed by atoms with Crippen LogP contribution in [0.15, 0.2) is 12.3 Å². The van der Waals surface area contributed by atoms with Gasteiger partial charge in [0.15, 0.2) is 5.69 Å². The van der Waals surface area contributed by atoms with Crippen LogP contribution in [-0.2, 0) is 0 Å². The lowest BCUT2D eigenvalue weighted by atomic mass is 10.3. The lowest BCUT2D eigenvalue weighted by molar-refractivity contribution is 0.0690. The average molecular weight is 205 g/mol. The molecule has 0 amide bonds. The Bertz CT molecular complexity index is 384. The van der Waals surface area contributed by atoms with Crippen LogP contribution in [-0.4, -0.2) is 27.6 Å².